The van der Waals surface area contributed by atoms with E-state index in [1.165, 1.54) is 137 Å². The zero-order valence-corrected chi connectivity index (χ0v) is 44.0. The predicted molar refractivity (Wildman–Crippen MR) is 344 cm³/mol. The Labute approximate surface area is 465 Å². The van der Waals surface area contributed by atoms with Gasteiger partial charge in [0.05, 0.1) is 11.4 Å². The lowest BCUT2D eigenvalue weighted by atomic mass is 9.84. The summed E-state index contributed by atoms with van der Waals surface area (Å²) in [4.78, 5) is 6.75. The van der Waals surface area contributed by atoms with Crippen molar-refractivity contribution in [3.8, 4) is 55.6 Å². The van der Waals surface area contributed by atoms with Crippen LogP contribution in [0.4, 0.5) is 17.1 Å². The quantitative estimate of drug-likeness (QED) is 0.0985. The largest absolute Gasteiger partial charge is 0.335 e. The third-order valence-corrected chi connectivity index (χ3v) is 16.5. The summed E-state index contributed by atoms with van der Waals surface area (Å²) in [5.74, 6) is 0. The van der Waals surface area contributed by atoms with E-state index in [-0.39, 0.29) is 0 Å². The molecule has 0 aliphatic heterocycles. The molecule has 0 bridgehead atoms. The number of rotatable bonds is 10. The van der Waals surface area contributed by atoms with Gasteiger partial charge in [0.15, 0.2) is 0 Å². The molecule has 0 unspecified atom stereocenters. The van der Waals surface area contributed by atoms with Crippen LogP contribution in [0.3, 0.4) is 0 Å². The van der Waals surface area contributed by atoms with Gasteiger partial charge in [0.1, 0.15) is 0 Å². The van der Waals surface area contributed by atoms with Crippen LogP contribution in [0.25, 0.3) is 131 Å². The molecule has 0 aliphatic carbocycles. The molecule has 0 amide bonds. The second-order valence-electron chi connectivity index (χ2n) is 21.1. The number of fused-ring (bicyclic) bond motifs is 7. The molecule has 0 aromatic heterocycles. The van der Waals surface area contributed by atoms with Crippen molar-refractivity contribution in [3.63, 3.8) is 0 Å². The SMILES string of the molecule is C=Nc1ccccc1N(Cc1cccc(-c2c3ccccc3c(-c3ccc4cc(-c5ccc6c(-c7ccc8ccccc8c7)c7ccccc7c(-c7ccc8ccccc8c7)c6c5)ccc4c3)c3ccccc23)c1)c1ccccc1. The van der Waals surface area contributed by atoms with E-state index in [0.717, 1.165) is 17.1 Å². The smallest absolute Gasteiger partial charge is 0.0859 e. The lowest BCUT2D eigenvalue weighted by Gasteiger charge is -2.27. The first-order valence-electron chi connectivity index (χ1n) is 27.5. The lowest BCUT2D eigenvalue weighted by molar-refractivity contribution is 0.976. The van der Waals surface area contributed by atoms with Gasteiger partial charge in [0, 0.05) is 12.2 Å². The molecule has 2 heteroatoms. The van der Waals surface area contributed by atoms with Crippen molar-refractivity contribution in [2.75, 3.05) is 4.90 Å². The second-order valence-corrected chi connectivity index (χ2v) is 21.1. The Morgan fingerprint density at radius 1 is 0.263 bits per heavy atom. The van der Waals surface area contributed by atoms with E-state index in [9.17, 15) is 0 Å². The molecule has 0 atom stereocenters. The molecule has 15 aromatic rings. The fourth-order valence-electron chi connectivity index (χ4n) is 12.8. The Kier molecular flexibility index (Phi) is 11.5. The Balaban J connectivity index is 0.845. The van der Waals surface area contributed by atoms with Gasteiger partial charge >= 0.3 is 0 Å². The maximum atomic E-state index is 4.42. The first kappa shape index (κ1) is 46.9. The number of benzene rings is 15. The van der Waals surface area contributed by atoms with E-state index in [4.69, 9.17) is 0 Å². The summed E-state index contributed by atoms with van der Waals surface area (Å²) in [7, 11) is 0. The molecule has 374 valence electrons. The zero-order valence-electron chi connectivity index (χ0n) is 44.0. The Morgan fingerprint density at radius 3 is 1.18 bits per heavy atom. The number of para-hydroxylation sites is 3. The maximum Gasteiger partial charge on any atom is 0.0859 e. The van der Waals surface area contributed by atoms with Crippen molar-refractivity contribution < 1.29 is 0 Å². The van der Waals surface area contributed by atoms with Crippen LogP contribution in [-0.2, 0) is 6.54 Å². The van der Waals surface area contributed by atoms with Crippen LogP contribution >= 0.6 is 0 Å². The molecule has 0 radical (unpaired) electrons. The van der Waals surface area contributed by atoms with Crippen molar-refractivity contribution in [2.24, 2.45) is 4.99 Å². The van der Waals surface area contributed by atoms with E-state index in [1.807, 2.05) is 12.1 Å². The first-order chi connectivity index (χ1) is 39.6. The normalized spacial score (nSPS) is 11.6. The minimum Gasteiger partial charge on any atom is -0.335 e. The summed E-state index contributed by atoms with van der Waals surface area (Å²) in [6, 6.07) is 107. The highest BCUT2D eigenvalue weighted by atomic mass is 15.1. The van der Waals surface area contributed by atoms with Crippen LogP contribution in [0.1, 0.15) is 5.56 Å². The Bertz CT molecular complexity index is 4900. The van der Waals surface area contributed by atoms with Gasteiger partial charge in [-0.2, -0.15) is 0 Å². The van der Waals surface area contributed by atoms with E-state index >= 15 is 0 Å². The number of anilines is 2. The van der Waals surface area contributed by atoms with Crippen molar-refractivity contribution in [2.45, 2.75) is 6.54 Å². The van der Waals surface area contributed by atoms with Gasteiger partial charge in [0.25, 0.3) is 0 Å². The maximum absolute atomic E-state index is 4.42. The minimum atomic E-state index is 0.661. The van der Waals surface area contributed by atoms with Crippen molar-refractivity contribution >= 4 is 99.2 Å². The fraction of sp³-hybridized carbons (Fsp3) is 0.0128. The number of aliphatic imine (C=N–C) groups is 1. The van der Waals surface area contributed by atoms with E-state index in [0.29, 0.717) is 6.54 Å². The van der Waals surface area contributed by atoms with Gasteiger partial charge in [-0.3, -0.25) is 4.99 Å². The molecule has 0 N–H and O–H groups in total. The topological polar surface area (TPSA) is 15.6 Å². The summed E-state index contributed by atoms with van der Waals surface area (Å²) in [6.07, 6.45) is 0. The van der Waals surface area contributed by atoms with E-state index in [1.54, 1.807) is 0 Å². The third-order valence-electron chi connectivity index (χ3n) is 16.5. The van der Waals surface area contributed by atoms with Crippen molar-refractivity contribution in [1.29, 1.82) is 0 Å². The highest BCUT2D eigenvalue weighted by molar-refractivity contribution is 6.24. The number of hydrogen-bond acceptors (Lipinski definition) is 2. The highest BCUT2D eigenvalue weighted by Crippen LogP contribution is 2.48. The van der Waals surface area contributed by atoms with E-state index in [2.05, 4.69) is 296 Å². The Morgan fingerprint density at radius 2 is 0.637 bits per heavy atom. The third kappa shape index (κ3) is 8.08. The Hall–Kier alpha value is -10.4. The summed E-state index contributed by atoms with van der Waals surface area (Å²) in [6.45, 7) is 4.58. The zero-order chi connectivity index (χ0) is 53.1. The van der Waals surface area contributed by atoms with Gasteiger partial charge < -0.3 is 4.90 Å². The monoisotopic (exact) mass is 1020 g/mol. The standard InChI is InChI=1S/C78H52N2/c1-79-73-32-15-16-33-74(73)80(64-24-3-2-4-25-64)50-51-18-17-23-60(44-51)75-65-26-9-11-28-67(65)76(68-29-12-10-27-66(68)75)62-41-38-56-45-57(36-37-58(56)48-62)59-42-43-71-72(49-59)78(63-40-35-53-20-6-8-22-55(53)47-63)70-31-14-13-30-69(70)77(71)61-39-34-52-19-5-7-21-54(52)46-61/h2-49H,1,50H2. The molecule has 80 heavy (non-hydrogen) atoms. The molecular weight excluding hydrogens is 965 g/mol. The summed E-state index contributed by atoms with van der Waals surface area (Å²) in [5, 5.41) is 17.3. The van der Waals surface area contributed by atoms with Crippen LogP contribution in [0.5, 0.6) is 0 Å². The van der Waals surface area contributed by atoms with Gasteiger partial charge in [-0.1, -0.05) is 231 Å². The van der Waals surface area contributed by atoms with Crippen LogP contribution < -0.4 is 4.90 Å². The summed E-state index contributed by atoms with van der Waals surface area (Å²) in [5.41, 5.74) is 16.4. The molecule has 15 aromatic carbocycles. The lowest BCUT2D eigenvalue weighted by Crippen LogP contribution is -2.16. The van der Waals surface area contributed by atoms with Gasteiger partial charge in [-0.15, -0.1) is 0 Å². The average molecular weight is 1020 g/mol. The molecular formula is C78H52N2. The average Bonchev–Trinajstić information content (AvgIpc) is 3.68. The molecule has 0 spiro atoms. The number of hydrogen-bond donors (Lipinski definition) is 0. The van der Waals surface area contributed by atoms with Crippen LogP contribution in [0.15, 0.2) is 296 Å². The van der Waals surface area contributed by atoms with Crippen LogP contribution in [-0.4, -0.2) is 6.72 Å². The first-order valence-corrected chi connectivity index (χ1v) is 27.5. The summed E-state index contributed by atoms with van der Waals surface area (Å²) >= 11 is 0. The van der Waals surface area contributed by atoms with Gasteiger partial charge in [-0.05, 0) is 204 Å². The molecule has 0 saturated heterocycles. The van der Waals surface area contributed by atoms with Crippen LogP contribution in [0.2, 0.25) is 0 Å². The number of nitrogens with zero attached hydrogens (tertiary/aromatic N) is 2. The molecule has 0 saturated carbocycles. The highest BCUT2D eigenvalue weighted by Gasteiger charge is 2.21. The van der Waals surface area contributed by atoms with E-state index < -0.39 is 0 Å². The van der Waals surface area contributed by atoms with Crippen LogP contribution in [0, 0.1) is 0 Å². The van der Waals surface area contributed by atoms with Gasteiger partial charge in [0.2, 0.25) is 0 Å². The predicted octanol–water partition coefficient (Wildman–Crippen LogP) is 21.8. The molecule has 2 nitrogen and oxygen atoms in total. The molecule has 0 fully saturated rings. The van der Waals surface area contributed by atoms with Crippen molar-refractivity contribution in [3.05, 3.63) is 297 Å². The fourth-order valence-corrected chi connectivity index (χ4v) is 12.8. The minimum absolute atomic E-state index is 0.661. The molecule has 0 aliphatic rings. The van der Waals surface area contributed by atoms with Crippen molar-refractivity contribution in [1.82, 2.24) is 0 Å². The molecule has 0 heterocycles. The second kappa shape index (κ2) is 19.6. The van der Waals surface area contributed by atoms with Gasteiger partial charge in [-0.25, -0.2) is 0 Å². The summed E-state index contributed by atoms with van der Waals surface area (Å²) < 4.78 is 0. The molecule has 15 rings (SSSR count).